The number of allylic oxidation sites excluding steroid dienone is 1. The van der Waals surface area contributed by atoms with Crippen molar-refractivity contribution >= 4 is 0 Å². The predicted molar refractivity (Wildman–Crippen MR) is 71.4 cm³/mol. The summed E-state index contributed by atoms with van der Waals surface area (Å²) >= 11 is 0. The van der Waals surface area contributed by atoms with Gasteiger partial charge in [-0.1, -0.05) is 11.6 Å². The van der Waals surface area contributed by atoms with Crippen LogP contribution in [0, 0.1) is 13.8 Å². The molecule has 0 aliphatic carbocycles. The molecule has 1 rings (SSSR count). The van der Waals surface area contributed by atoms with Gasteiger partial charge in [-0.15, -0.1) is 0 Å². The topological polar surface area (TPSA) is 48.1 Å². The first-order valence-electron chi connectivity index (χ1n) is 5.95. The molecule has 0 saturated heterocycles. The van der Waals surface area contributed by atoms with E-state index in [9.17, 15) is 0 Å². The van der Waals surface area contributed by atoms with Crippen molar-refractivity contribution < 1.29 is 4.74 Å². The highest BCUT2D eigenvalue weighted by molar-refractivity contribution is 5.42. The Morgan fingerprint density at radius 3 is 2.76 bits per heavy atom. The van der Waals surface area contributed by atoms with E-state index in [1.807, 2.05) is 13.1 Å². The quantitative estimate of drug-likeness (QED) is 0.796. The Bertz CT molecular complexity index is 411. The molecule has 3 heteroatoms. The first kappa shape index (κ1) is 13.7. The summed E-state index contributed by atoms with van der Waals surface area (Å²) in [6, 6.07) is 0. The number of ether oxygens (including phenoxy) is 1. The zero-order valence-electron chi connectivity index (χ0n) is 11.2. The van der Waals surface area contributed by atoms with Gasteiger partial charge in [0.15, 0.2) is 0 Å². The van der Waals surface area contributed by atoms with Gasteiger partial charge in [0.1, 0.15) is 5.75 Å². The molecule has 94 valence electrons. The first-order valence-corrected chi connectivity index (χ1v) is 5.95. The van der Waals surface area contributed by atoms with Gasteiger partial charge in [-0.25, -0.2) is 0 Å². The maximum Gasteiger partial charge on any atom is 0.128 e. The van der Waals surface area contributed by atoms with Crippen LogP contribution >= 0.6 is 0 Å². The van der Waals surface area contributed by atoms with Gasteiger partial charge in [0.05, 0.1) is 12.8 Å². The predicted octanol–water partition coefficient (Wildman–Crippen LogP) is 2.54. The van der Waals surface area contributed by atoms with E-state index in [2.05, 4.69) is 24.9 Å². The van der Waals surface area contributed by atoms with Crippen LogP contribution in [-0.4, -0.2) is 18.6 Å². The number of nitrogens with zero attached hydrogens (tertiary/aromatic N) is 1. The number of pyridine rings is 1. The number of aryl methyl sites for hydroxylation is 1. The largest absolute Gasteiger partial charge is 0.496 e. The molecule has 0 bridgehead atoms. The second-order valence-electron chi connectivity index (χ2n) is 4.35. The minimum Gasteiger partial charge on any atom is -0.496 e. The number of hydrogen-bond acceptors (Lipinski definition) is 3. The lowest BCUT2D eigenvalue weighted by Crippen LogP contribution is -2.01. The summed E-state index contributed by atoms with van der Waals surface area (Å²) in [4.78, 5) is 4.48. The minimum atomic E-state index is 0.695. The highest BCUT2D eigenvalue weighted by Gasteiger charge is 2.09. The van der Waals surface area contributed by atoms with Gasteiger partial charge in [0.25, 0.3) is 0 Å². The van der Waals surface area contributed by atoms with Crippen LogP contribution in [-0.2, 0) is 6.42 Å². The normalized spacial score (nSPS) is 11.7. The third-order valence-corrected chi connectivity index (χ3v) is 2.86. The Morgan fingerprint density at radius 1 is 1.47 bits per heavy atom. The molecule has 17 heavy (non-hydrogen) atoms. The van der Waals surface area contributed by atoms with E-state index in [1.165, 1.54) is 5.57 Å². The fraction of sp³-hybridized carbons (Fsp3) is 0.500. The zero-order chi connectivity index (χ0) is 12.8. The van der Waals surface area contributed by atoms with E-state index >= 15 is 0 Å². The van der Waals surface area contributed by atoms with Crippen molar-refractivity contribution in [1.82, 2.24) is 4.98 Å². The van der Waals surface area contributed by atoms with Crippen molar-refractivity contribution in [2.24, 2.45) is 5.73 Å². The summed E-state index contributed by atoms with van der Waals surface area (Å²) in [6.07, 6.45) is 5.83. The summed E-state index contributed by atoms with van der Waals surface area (Å²) in [5.74, 6) is 0.946. The van der Waals surface area contributed by atoms with Crippen LogP contribution < -0.4 is 10.5 Å². The molecule has 0 saturated carbocycles. The summed E-state index contributed by atoms with van der Waals surface area (Å²) in [7, 11) is 1.70. The van der Waals surface area contributed by atoms with Crippen molar-refractivity contribution in [1.29, 1.82) is 0 Å². The Labute approximate surface area is 104 Å². The van der Waals surface area contributed by atoms with Crippen LogP contribution in [0.25, 0.3) is 0 Å². The van der Waals surface area contributed by atoms with Gasteiger partial charge in [0.2, 0.25) is 0 Å². The van der Waals surface area contributed by atoms with Crippen molar-refractivity contribution in [3.63, 3.8) is 0 Å². The fourth-order valence-electron chi connectivity index (χ4n) is 1.92. The van der Waals surface area contributed by atoms with Gasteiger partial charge >= 0.3 is 0 Å². The molecule has 2 N–H and O–H groups in total. The highest BCUT2D eigenvalue weighted by Crippen LogP contribution is 2.25. The molecule has 0 aromatic carbocycles. The third kappa shape index (κ3) is 3.56. The van der Waals surface area contributed by atoms with Gasteiger partial charge < -0.3 is 10.5 Å². The number of methoxy groups -OCH3 is 1. The monoisotopic (exact) mass is 234 g/mol. The number of aromatic nitrogens is 1. The molecule has 0 aliphatic heterocycles. The Hall–Kier alpha value is -1.35. The van der Waals surface area contributed by atoms with E-state index in [1.54, 1.807) is 7.11 Å². The lowest BCUT2D eigenvalue weighted by Gasteiger charge is -2.12. The Kier molecular flexibility index (Phi) is 5.16. The number of rotatable bonds is 5. The van der Waals surface area contributed by atoms with Gasteiger partial charge in [-0.05, 0) is 33.7 Å². The second kappa shape index (κ2) is 6.40. The van der Waals surface area contributed by atoms with Crippen molar-refractivity contribution in [2.45, 2.75) is 33.6 Å². The van der Waals surface area contributed by atoms with Crippen LogP contribution in [0.3, 0.4) is 0 Å². The molecule has 0 fully saturated rings. The number of hydrogen-bond donors (Lipinski definition) is 1. The molecule has 0 amide bonds. The van der Waals surface area contributed by atoms with E-state index < -0.39 is 0 Å². The summed E-state index contributed by atoms with van der Waals surface area (Å²) in [6.45, 7) is 6.88. The van der Waals surface area contributed by atoms with Crippen LogP contribution in [0.4, 0.5) is 0 Å². The lowest BCUT2D eigenvalue weighted by atomic mass is 10.0. The maximum atomic E-state index is 5.49. The van der Waals surface area contributed by atoms with Crippen molar-refractivity contribution in [2.75, 3.05) is 13.7 Å². The van der Waals surface area contributed by atoms with Crippen molar-refractivity contribution in [3.8, 4) is 5.75 Å². The fourth-order valence-corrected chi connectivity index (χ4v) is 1.92. The molecule has 3 nitrogen and oxygen atoms in total. The average molecular weight is 234 g/mol. The first-order chi connectivity index (χ1) is 8.10. The molecule has 0 unspecified atom stereocenters. The maximum absolute atomic E-state index is 5.49. The highest BCUT2D eigenvalue weighted by atomic mass is 16.5. The zero-order valence-corrected chi connectivity index (χ0v) is 11.2. The molecule has 0 aliphatic rings. The standard InChI is InChI=1S/C14H22N2O/c1-10(6-5-7-15)8-13-12(3)14(17-4)11(2)9-16-13/h6,9H,5,7-8,15H2,1-4H3. The Morgan fingerprint density at radius 2 is 2.18 bits per heavy atom. The molecule has 1 aromatic rings. The van der Waals surface area contributed by atoms with Crippen LogP contribution in [0.1, 0.15) is 30.2 Å². The van der Waals surface area contributed by atoms with Crippen LogP contribution in [0.5, 0.6) is 5.75 Å². The van der Waals surface area contributed by atoms with Gasteiger partial charge in [0, 0.05) is 23.7 Å². The molecule has 0 atom stereocenters. The van der Waals surface area contributed by atoms with Crippen LogP contribution in [0.15, 0.2) is 17.8 Å². The van der Waals surface area contributed by atoms with E-state index in [4.69, 9.17) is 10.5 Å². The van der Waals surface area contributed by atoms with Gasteiger partial charge in [-0.3, -0.25) is 4.98 Å². The molecule has 1 heterocycles. The second-order valence-corrected chi connectivity index (χ2v) is 4.35. The molecule has 0 radical (unpaired) electrons. The molecular weight excluding hydrogens is 212 g/mol. The smallest absolute Gasteiger partial charge is 0.128 e. The summed E-state index contributed by atoms with van der Waals surface area (Å²) in [5.41, 5.74) is 10.1. The lowest BCUT2D eigenvalue weighted by molar-refractivity contribution is 0.407. The van der Waals surface area contributed by atoms with E-state index in [-0.39, 0.29) is 0 Å². The van der Waals surface area contributed by atoms with Crippen LogP contribution in [0.2, 0.25) is 0 Å². The molecule has 0 spiro atoms. The SMILES string of the molecule is COc1c(C)cnc(CC(C)=CCCN)c1C. The summed E-state index contributed by atoms with van der Waals surface area (Å²) < 4.78 is 5.40. The van der Waals surface area contributed by atoms with Crippen molar-refractivity contribution in [3.05, 3.63) is 34.7 Å². The van der Waals surface area contributed by atoms with Gasteiger partial charge in [-0.2, -0.15) is 0 Å². The molecular formula is C14H22N2O. The minimum absolute atomic E-state index is 0.695. The number of nitrogens with two attached hydrogens (primary N) is 1. The average Bonchev–Trinajstić information content (AvgIpc) is 2.31. The van der Waals surface area contributed by atoms with E-state index in [0.29, 0.717) is 6.54 Å². The summed E-state index contributed by atoms with van der Waals surface area (Å²) in [5, 5.41) is 0. The molecule has 1 aromatic heterocycles. The van der Waals surface area contributed by atoms with E-state index in [0.717, 1.165) is 35.4 Å². The Balaban J connectivity index is 2.92. The third-order valence-electron chi connectivity index (χ3n) is 2.86.